The number of pyridine rings is 1. The molecule has 0 saturated heterocycles. The largest absolute Gasteiger partial charge is 0.370 e. The van der Waals surface area contributed by atoms with Gasteiger partial charge in [0.1, 0.15) is 11.5 Å². The average Bonchev–Trinajstić information content (AvgIpc) is 2.52. The second kappa shape index (κ2) is 7.07. The number of carbonyl (C=O) groups excluding carboxylic acids is 1. The Labute approximate surface area is 126 Å². The molecule has 4 nitrogen and oxygen atoms in total. The summed E-state index contributed by atoms with van der Waals surface area (Å²) in [4.78, 5) is 16.7. The van der Waals surface area contributed by atoms with Crippen LogP contribution in [0.3, 0.4) is 0 Å². The molecule has 4 heteroatoms. The number of hydrogen-bond acceptors (Lipinski definition) is 3. The molecule has 2 rings (SSSR count). The Morgan fingerprint density at radius 1 is 1.29 bits per heavy atom. The van der Waals surface area contributed by atoms with Gasteiger partial charge in [0.2, 0.25) is 0 Å². The number of hydrogen-bond donors (Lipinski definition) is 2. The molecule has 0 aliphatic rings. The number of aromatic nitrogens is 1. The maximum Gasteiger partial charge on any atom is 0.270 e. The predicted octanol–water partition coefficient (Wildman–Crippen LogP) is 3.44. The molecule has 1 atom stereocenters. The minimum Gasteiger partial charge on any atom is -0.370 e. The van der Waals surface area contributed by atoms with Crippen LogP contribution in [0.1, 0.15) is 37.7 Å². The third-order valence-corrected chi connectivity index (χ3v) is 3.63. The van der Waals surface area contributed by atoms with Gasteiger partial charge in [0.15, 0.2) is 0 Å². The van der Waals surface area contributed by atoms with Gasteiger partial charge in [0.25, 0.3) is 5.91 Å². The highest BCUT2D eigenvalue weighted by Crippen LogP contribution is 2.22. The molecule has 1 aromatic heterocycles. The summed E-state index contributed by atoms with van der Waals surface area (Å²) in [6.07, 6.45) is 1.05. The number of anilines is 1. The van der Waals surface area contributed by atoms with Crippen LogP contribution in [0.4, 0.5) is 5.82 Å². The van der Waals surface area contributed by atoms with Crippen LogP contribution in [-0.4, -0.2) is 24.0 Å². The third kappa shape index (κ3) is 3.72. The first kappa shape index (κ1) is 15.3. The Kier molecular flexibility index (Phi) is 5.14. The van der Waals surface area contributed by atoms with Crippen LogP contribution in [0.25, 0.3) is 10.8 Å². The molecule has 1 heterocycles. The number of fused-ring (bicyclic) bond motifs is 1. The smallest absolute Gasteiger partial charge is 0.270 e. The molecular weight excluding hydrogens is 262 g/mol. The minimum atomic E-state index is -0.111. The Hall–Kier alpha value is -2.10. The van der Waals surface area contributed by atoms with Crippen LogP contribution in [0.15, 0.2) is 30.3 Å². The van der Waals surface area contributed by atoms with E-state index in [4.69, 9.17) is 0 Å². The summed E-state index contributed by atoms with van der Waals surface area (Å²) in [7, 11) is 0. The van der Waals surface area contributed by atoms with Gasteiger partial charge in [0.05, 0.1) is 0 Å². The number of nitrogens with zero attached hydrogens (tertiary/aromatic N) is 1. The number of nitrogens with one attached hydrogen (secondary N) is 2. The standard InChI is InChI=1S/C17H23N3O/c1-4-12(3)11-19-17(21)15-10-13-8-6-7-9-14(13)16(20-15)18-5-2/h6-10,12H,4-5,11H2,1-3H3,(H,18,20)(H,19,21). The van der Waals surface area contributed by atoms with E-state index >= 15 is 0 Å². The molecule has 0 bridgehead atoms. The predicted molar refractivity (Wildman–Crippen MR) is 87.7 cm³/mol. The van der Waals surface area contributed by atoms with E-state index < -0.39 is 0 Å². The van der Waals surface area contributed by atoms with Crippen molar-refractivity contribution in [2.24, 2.45) is 5.92 Å². The first-order valence-corrected chi connectivity index (χ1v) is 7.57. The molecule has 2 aromatic rings. The van der Waals surface area contributed by atoms with E-state index in [0.717, 1.165) is 29.6 Å². The van der Waals surface area contributed by atoms with Crippen molar-refractivity contribution in [2.75, 3.05) is 18.4 Å². The SMILES string of the molecule is CCNc1nc(C(=O)NCC(C)CC)cc2ccccc12. The molecule has 1 amide bonds. The van der Waals surface area contributed by atoms with Gasteiger partial charge in [-0.15, -0.1) is 0 Å². The second-order valence-electron chi connectivity index (χ2n) is 5.33. The van der Waals surface area contributed by atoms with Crippen LogP contribution in [0, 0.1) is 5.92 Å². The summed E-state index contributed by atoms with van der Waals surface area (Å²) >= 11 is 0. The Morgan fingerprint density at radius 2 is 2.05 bits per heavy atom. The number of carbonyl (C=O) groups is 1. The van der Waals surface area contributed by atoms with Crippen LogP contribution in [0.5, 0.6) is 0 Å². The van der Waals surface area contributed by atoms with Crippen molar-refractivity contribution >= 4 is 22.5 Å². The first-order valence-electron chi connectivity index (χ1n) is 7.57. The lowest BCUT2D eigenvalue weighted by atomic mass is 10.1. The van der Waals surface area contributed by atoms with E-state index in [2.05, 4.69) is 29.5 Å². The fraction of sp³-hybridized carbons (Fsp3) is 0.412. The molecule has 21 heavy (non-hydrogen) atoms. The van der Waals surface area contributed by atoms with Gasteiger partial charge in [0, 0.05) is 18.5 Å². The minimum absolute atomic E-state index is 0.111. The van der Waals surface area contributed by atoms with Gasteiger partial charge >= 0.3 is 0 Å². The zero-order chi connectivity index (χ0) is 15.2. The summed E-state index contributed by atoms with van der Waals surface area (Å²) in [6, 6.07) is 9.82. The van der Waals surface area contributed by atoms with E-state index in [9.17, 15) is 4.79 Å². The third-order valence-electron chi connectivity index (χ3n) is 3.63. The van der Waals surface area contributed by atoms with Crippen molar-refractivity contribution in [3.8, 4) is 0 Å². The second-order valence-corrected chi connectivity index (χ2v) is 5.33. The highest BCUT2D eigenvalue weighted by Gasteiger charge is 2.12. The molecule has 0 aliphatic carbocycles. The number of rotatable bonds is 6. The lowest BCUT2D eigenvalue weighted by molar-refractivity contribution is 0.0943. The van der Waals surface area contributed by atoms with E-state index in [1.807, 2.05) is 37.3 Å². The maximum absolute atomic E-state index is 12.3. The number of benzene rings is 1. The van der Waals surface area contributed by atoms with Crippen LogP contribution < -0.4 is 10.6 Å². The lowest BCUT2D eigenvalue weighted by Crippen LogP contribution is -2.29. The van der Waals surface area contributed by atoms with E-state index in [1.165, 1.54) is 0 Å². The van der Waals surface area contributed by atoms with Crippen molar-refractivity contribution in [3.05, 3.63) is 36.0 Å². The normalized spacial score (nSPS) is 12.1. The number of amides is 1. The maximum atomic E-state index is 12.3. The van der Waals surface area contributed by atoms with E-state index in [0.29, 0.717) is 18.2 Å². The highest BCUT2D eigenvalue weighted by atomic mass is 16.1. The van der Waals surface area contributed by atoms with Gasteiger partial charge in [-0.25, -0.2) is 4.98 Å². The molecule has 1 unspecified atom stereocenters. The van der Waals surface area contributed by atoms with Crippen LogP contribution in [0.2, 0.25) is 0 Å². The average molecular weight is 285 g/mol. The van der Waals surface area contributed by atoms with Crippen LogP contribution >= 0.6 is 0 Å². The van der Waals surface area contributed by atoms with Crippen molar-refractivity contribution in [1.29, 1.82) is 0 Å². The quantitative estimate of drug-likeness (QED) is 0.854. The summed E-state index contributed by atoms with van der Waals surface area (Å²) in [5.41, 5.74) is 0.466. The van der Waals surface area contributed by atoms with Crippen LogP contribution in [-0.2, 0) is 0 Å². The van der Waals surface area contributed by atoms with Gasteiger partial charge in [-0.1, -0.05) is 44.5 Å². The van der Waals surface area contributed by atoms with Gasteiger partial charge in [-0.2, -0.15) is 0 Å². The summed E-state index contributed by atoms with van der Waals surface area (Å²) in [6.45, 7) is 7.72. The van der Waals surface area contributed by atoms with Crippen molar-refractivity contribution in [3.63, 3.8) is 0 Å². The monoisotopic (exact) mass is 285 g/mol. The molecular formula is C17H23N3O. The zero-order valence-corrected chi connectivity index (χ0v) is 12.9. The lowest BCUT2D eigenvalue weighted by Gasteiger charge is -2.12. The van der Waals surface area contributed by atoms with Crippen molar-refractivity contribution in [2.45, 2.75) is 27.2 Å². The molecule has 112 valence electrons. The van der Waals surface area contributed by atoms with Gasteiger partial charge < -0.3 is 10.6 Å². The topological polar surface area (TPSA) is 54.0 Å². The fourth-order valence-corrected chi connectivity index (χ4v) is 2.12. The molecule has 0 aliphatic heterocycles. The van der Waals surface area contributed by atoms with Crippen molar-refractivity contribution in [1.82, 2.24) is 10.3 Å². The molecule has 2 N–H and O–H groups in total. The molecule has 1 aromatic carbocycles. The Bertz CT molecular complexity index is 624. The van der Waals surface area contributed by atoms with Crippen molar-refractivity contribution < 1.29 is 4.79 Å². The fourth-order valence-electron chi connectivity index (χ4n) is 2.12. The molecule has 0 spiro atoms. The Balaban J connectivity index is 2.29. The molecule has 0 saturated carbocycles. The van der Waals surface area contributed by atoms with E-state index in [1.54, 1.807) is 0 Å². The zero-order valence-electron chi connectivity index (χ0n) is 12.9. The highest BCUT2D eigenvalue weighted by molar-refractivity contribution is 6.00. The Morgan fingerprint density at radius 3 is 2.76 bits per heavy atom. The van der Waals surface area contributed by atoms with Gasteiger partial charge in [-0.3, -0.25) is 4.79 Å². The summed E-state index contributed by atoms with van der Waals surface area (Å²) in [5, 5.41) is 8.25. The van der Waals surface area contributed by atoms with E-state index in [-0.39, 0.29) is 5.91 Å². The molecule has 0 radical (unpaired) electrons. The first-order chi connectivity index (χ1) is 10.2. The molecule has 0 fully saturated rings. The summed E-state index contributed by atoms with van der Waals surface area (Å²) in [5.74, 6) is 1.13. The van der Waals surface area contributed by atoms with Gasteiger partial charge in [-0.05, 0) is 24.3 Å². The summed E-state index contributed by atoms with van der Waals surface area (Å²) < 4.78 is 0.